The Labute approximate surface area is 201 Å². The van der Waals surface area contributed by atoms with Crippen molar-refractivity contribution < 1.29 is 13.9 Å². The molecule has 180 valence electrons. The number of halogens is 1. The van der Waals surface area contributed by atoms with E-state index in [0.717, 1.165) is 29.9 Å². The molecule has 3 atom stereocenters. The SMILES string of the molecule is COC1(C)CN(c2ccc3c(n2)CCC(NC(=O)c2sc4nc(C)c(F)cc4c2N)C3)CC1N. The summed E-state index contributed by atoms with van der Waals surface area (Å²) in [7, 11) is 1.69. The summed E-state index contributed by atoms with van der Waals surface area (Å²) in [6.45, 7) is 5.02. The largest absolute Gasteiger partial charge is 0.397 e. The van der Waals surface area contributed by atoms with Gasteiger partial charge in [0.25, 0.3) is 5.91 Å². The van der Waals surface area contributed by atoms with Gasteiger partial charge in [-0.1, -0.05) is 6.07 Å². The Morgan fingerprint density at radius 3 is 2.91 bits per heavy atom. The number of rotatable bonds is 4. The van der Waals surface area contributed by atoms with Gasteiger partial charge < -0.3 is 26.4 Å². The van der Waals surface area contributed by atoms with Gasteiger partial charge in [0.15, 0.2) is 0 Å². The molecule has 0 spiro atoms. The quantitative estimate of drug-likeness (QED) is 0.521. The zero-order valence-corrected chi connectivity index (χ0v) is 20.3. The lowest BCUT2D eigenvalue weighted by atomic mass is 9.91. The smallest absolute Gasteiger partial charge is 0.263 e. The van der Waals surface area contributed by atoms with Crippen LogP contribution < -0.4 is 21.7 Å². The number of aromatic nitrogens is 2. The number of nitrogen functional groups attached to an aromatic ring is 1. The van der Waals surface area contributed by atoms with Crippen molar-refractivity contribution in [2.75, 3.05) is 30.8 Å². The molecule has 0 saturated carbocycles. The fourth-order valence-corrected chi connectivity index (χ4v) is 5.83. The topological polar surface area (TPSA) is 119 Å². The number of methoxy groups -OCH3 is 1. The molecule has 1 aliphatic carbocycles. The van der Waals surface area contributed by atoms with E-state index in [2.05, 4.69) is 21.3 Å². The van der Waals surface area contributed by atoms with Gasteiger partial charge >= 0.3 is 0 Å². The van der Waals surface area contributed by atoms with Gasteiger partial charge in [-0.15, -0.1) is 11.3 Å². The number of nitrogens with two attached hydrogens (primary N) is 2. The molecule has 0 radical (unpaired) electrons. The van der Waals surface area contributed by atoms with Crippen molar-refractivity contribution in [1.29, 1.82) is 0 Å². The van der Waals surface area contributed by atoms with Gasteiger partial charge in [0.2, 0.25) is 0 Å². The molecule has 2 aliphatic rings. The van der Waals surface area contributed by atoms with Gasteiger partial charge in [-0.25, -0.2) is 14.4 Å². The van der Waals surface area contributed by atoms with E-state index < -0.39 is 5.82 Å². The Kier molecular flexibility index (Phi) is 5.70. The molecule has 4 heterocycles. The number of aryl methyl sites for hydroxylation is 2. The number of hydrogen-bond donors (Lipinski definition) is 3. The summed E-state index contributed by atoms with van der Waals surface area (Å²) in [5, 5.41) is 3.58. The molecule has 8 nitrogen and oxygen atoms in total. The molecule has 3 unspecified atom stereocenters. The summed E-state index contributed by atoms with van der Waals surface area (Å²) in [4.78, 5) is 25.2. The number of fused-ring (bicyclic) bond motifs is 2. The number of hydrogen-bond acceptors (Lipinski definition) is 8. The van der Waals surface area contributed by atoms with Crippen LogP contribution in [0.25, 0.3) is 10.2 Å². The van der Waals surface area contributed by atoms with E-state index in [1.54, 1.807) is 14.0 Å². The van der Waals surface area contributed by atoms with Crippen LogP contribution in [0.2, 0.25) is 0 Å². The highest BCUT2D eigenvalue weighted by molar-refractivity contribution is 7.21. The van der Waals surface area contributed by atoms with Gasteiger partial charge in [-0.3, -0.25) is 4.79 Å². The Balaban J connectivity index is 1.29. The predicted molar refractivity (Wildman–Crippen MR) is 132 cm³/mol. The minimum absolute atomic E-state index is 0.0271. The van der Waals surface area contributed by atoms with Crippen LogP contribution in [0, 0.1) is 12.7 Å². The van der Waals surface area contributed by atoms with E-state index in [4.69, 9.17) is 21.2 Å². The van der Waals surface area contributed by atoms with Crippen LogP contribution >= 0.6 is 11.3 Å². The van der Waals surface area contributed by atoms with Gasteiger partial charge in [0.05, 0.1) is 23.0 Å². The maximum Gasteiger partial charge on any atom is 0.263 e. The van der Waals surface area contributed by atoms with Crippen LogP contribution in [0.5, 0.6) is 0 Å². The maximum absolute atomic E-state index is 13.9. The Morgan fingerprint density at radius 2 is 2.18 bits per heavy atom. The molecular formula is C24H29FN6O2S. The summed E-state index contributed by atoms with van der Waals surface area (Å²) in [5.74, 6) is 0.231. The van der Waals surface area contributed by atoms with E-state index in [-0.39, 0.29) is 29.3 Å². The minimum atomic E-state index is -0.428. The summed E-state index contributed by atoms with van der Waals surface area (Å²) >= 11 is 1.19. The number of nitrogens with zero attached hydrogens (tertiary/aromatic N) is 3. The number of nitrogens with one attached hydrogen (secondary N) is 1. The molecule has 1 aliphatic heterocycles. The number of pyridine rings is 2. The van der Waals surface area contributed by atoms with Crippen LogP contribution in [0.15, 0.2) is 18.2 Å². The first kappa shape index (κ1) is 22.9. The molecule has 0 bridgehead atoms. The Morgan fingerprint density at radius 1 is 1.38 bits per heavy atom. The van der Waals surface area contributed by atoms with Crippen molar-refractivity contribution in [1.82, 2.24) is 15.3 Å². The summed E-state index contributed by atoms with van der Waals surface area (Å²) < 4.78 is 19.6. The van der Waals surface area contributed by atoms with E-state index in [0.29, 0.717) is 40.3 Å². The Bertz CT molecular complexity index is 1280. The van der Waals surface area contributed by atoms with Gasteiger partial charge in [-0.05, 0) is 50.8 Å². The average molecular weight is 485 g/mol. The van der Waals surface area contributed by atoms with Crippen molar-refractivity contribution in [3.63, 3.8) is 0 Å². The van der Waals surface area contributed by atoms with E-state index in [1.165, 1.54) is 17.4 Å². The van der Waals surface area contributed by atoms with Crippen LogP contribution in [0.4, 0.5) is 15.9 Å². The highest BCUT2D eigenvalue weighted by Gasteiger charge is 2.41. The molecule has 10 heteroatoms. The monoisotopic (exact) mass is 484 g/mol. The maximum atomic E-state index is 13.9. The lowest BCUT2D eigenvalue weighted by Gasteiger charge is -2.27. The van der Waals surface area contributed by atoms with Crippen molar-refractivity contribution >= 4 is 39.0 Å². The minimum Gasteiger partial charge on any atom is -0.397 e. The first-order chi connectivity index (χ1) is 16.2. The fraction of sp³-hybridized carbons (Fsp3) is 0.458. The average Bonchev–Trinajstić information content (AvgIpc) is 3.30. The van der Waals surface area contributed by atoms with E-state index >= 15 is 0 Å². The standard InChI is InChI=1S/C24H29FN6O2S/c1-12-16(25)9-15-20(27)21(34-23(15)28-12)22(32)29-14-5-6-17-13(8-14)4-7-19(30-17)31-10-18(26)24(2,11-31)33-3/h4,7,9,14,18H,5-6,8,10-11,26-27H2,1-3H3,(H,29,32). The third-order valence-electron chi connectivity index (χ3n) is 7.14. The van der Waals surface area contributed by atoms with E-state index in [9.17, 15) is 9.18 Å². The number of carbonyl (C=O) groups is 1. The number of ether oxygens (including phenoxy) is 1. The molecule has 1 fully saturated rings. The molecule has 0 aromatic carbocycles. The Hall–Kier alpha value is -2.82. The highest BCUT2D eigenvalue weighted by atomic mass is 32.1. The molecule has 5 rings (SSSR count). The number of anilines is 2. The lowest BCUT2D eigenvalue weighted by Crippen LogP contribution is -2.45. The predicted octanol–water partition coefficient (Wildman–Crippen LogP) is 2.56. The van der Waals surface area contributed by atoms with Crippen LogP contribution in [0.1, 0.15) is 40.0 Å². The molecule has 3 aromatic heterocycles. The number of carbonyl (C=O) groups excluding carboxylic acids is 1. The van der Waals surface area contributed by atoms with E-state index in [1.807, 2.05) is 13.0 Å². The molecule has 1 amide bonds. The second-order valence-corrected chi connectivity index (χ2v) is 10.4. The van der Waals surface area contributed by atoms with Crippen molar-refractivity contribution in [3.8, 4) is 0 Å². The van der Waals surface area contributed by atoms with Gasteiger partial charge in [0, 0.05) is 37.3 Å². The fourth-order valence-electron chi connectivity index (χ4n) is 4.80. The zero-order chi connectivity index (χ0) is 24.2. The first-order valence-corrected chi connectivity index (χ1v) is 12.2. The molecular weight excluding hydrogens is 455 g/mol. The van der Waals surface area contributed by atoms with Crippen LogP contribution in [0.3, 0.4) is 0 Å². The van der Waals surface area contributed by atoms with Gasteiger partial charge in [-0.2, -0.15) is 0 Å². The molecule has 34 heavy (non-hydrogen) atoms. The van der Waals surface area contributed by atoms with Gasteiger partial charge in [0.1, 0.15) is 21.3 Å². The third-order valence-corrected chi connectivity index (χ3v) is 8.25. The molecule has 3 aromatic rings. The number of amides is 1. The molecule has 5 N–H and O–H groups in total. The normalized spacial score (nSPS) is 24.4. The summed E-state index contributed by atoms with van der Waals surface area (Å²) in [6, 6.07) is 5.35. The van der Waals surface area contributed by atoms with Crippen molar-refractivity contribution in [3.05, 3.63) is 45.8 Å². The molecule has 1 saturated heterocycles. The van der Waals surface area contributed by atoms with Crippen molar-refractivity contribution in [2.24, 2.45) is 5.73 Å². The second-order valence-electron chi connectivity index (χ2n) is 9.45. The van der Waals surface area contributed by atoms with Crippen molar-refractivity contribution in [2.45, 2.75) is 50.8 Å². The third kappa shape index (κ3) is 3.89. The summed E-state index contributed by atoms with van der Waals surface area (Å²) in [5.41, 5.74) is 14.8. The zero-order valence-electron chi connectivity index (χ0n) is 19.5. The lowest BCUT2D eigenvalue weighted by molar-refractivity contribution is 0.0129. The van der Waals surface area contributed by atoms with Crippen LogP contribution in [-0.4, -0.2) is 53.8 Å². The number of thiophene rings is 1. The summed E-state index contributed by atoms with van der Waals surface area (Å²) in [6.07, 6.45) is 2.24. The van der Waals surface area contributed by atoms with Crippen LogP contribution in [-0.2, 0) is 17.6 Å². The second kappa shape index (κ2) is 8.44. The highest BCUT2D eigenvalue weighted by Crippen LogP contribution is 2.34. The first-order valence-electron chi connectivity index (χ1n) is 11.4.